The Labute approximate surface area is 229 Å². The highest BCUT2D eigenvalue weighted by atomic mass is 16.5. The van der Waals surface area contributed by atoms with Gasteiger partial charge in [0.05, 0.1) is 10.8 Å². The van der Waals surface area contributed by atoms with Crippen molar-refractivity contribution in [3.8, 4) is 0 Å². The molecule has 0 aromatic carbocycles. The van der Waals surface area contributed by atoms with Crippen LogP contribution in [0.1, 0.15) is 128 Å². The van der Waals surface area contributed by atoms with E-state index in [1.807, 2.05) is 27.7 Å². The van der Waals surface area contributed by atoms with Gasteiger partial charge in [0.1, 0.15) is 12.2 Å². The Morgan fingerprint density at radius 3 is 1.81 bits per heavy atom. The average molecular weight is 525 g/mol. The highest BCUT2D eigenvalue weighted by molar-refractivity contribution is 5.77. The molecule has 0 spiro atoms. The molecule has 1 aliphatic rings. The topological polar surface area (TPSA) is 59.1 Å². The van der Waals surface area contributed by atoms with Gasteiger partial charge in [-0.2, -0.15) is 0 Å². The van der Waals surface area contributed by atoms with Gasteiger partial charge in [-0.3, -0.25) is 14.5 Å². The molecular formula is C31H60N2O4. The first kappa shape index (κ1) is 33.9. The molecule has 1 saturated heterocycles. The van der Waals surface area contributed by atoms with Crippen molar-refractivity contribution >= 4 is 11.9 Å². The fraction of sp³-hybridized carbons (Fsp3) is 0.935. The molecule has 1 rings (SSSR count). The van der Waals surface area contributed by atoms with E-state index < -0.39 is 10.8 Å². The van der Waals surface area contributed by atoms with Crippen LogP contribution >= 0.6 is 0 Å². The molecule has 1 atom stereocenters. The summed E-state index contributed by atoms with van der Waals surface area (Å²) in [4.78, 5) is 31.3. The maximum Gasteiger partial charge on any atom is 0.311 e. The highest BCUT2D eigenvalue weighted by Crippen LogP contribution is 2.40. The van der Waals surface area contributed by atoms with Crippen molar-refractivity contribution in [2.24, 2.45) is 10.8 Å². The normalized spacial score (nSPS) is 20.1. The summed E-state index contributed by atoms with van der Waals surface area (Å²) in [6.07, 6.45) is 5.15. The summed E-state index contributed by atoms with van der Waals surface area (Å²) in [5, 5.41) is 0. The minimum Gasteiger partial charge on any atom is -0.462 e. The van der Waals surface area contributed by atoms with E-state index in [1.54, 1.807) is 0 Å². The summed E-state index contributed by atoms with van der Waals surface area (Å²) in [5.74, 6) is -0.352. The minimum absolute atomic E-state index is 0.0435. The Kier molecular flexibility index (Phi) is 11.3. The number of esters is 2. The van der Waals surface area contributed by atoms with Crippen molar-refractivity contribution in [2.75, 3.05) is 20.6 Å². The fourth-order valence-electron chi connectivity index (χ4n) is 5.48. The summed E-state index contributed by atoms with van der Waals surface area (Å²) in [6, 6.07) is 0. The molecule has 0 aromatic heterocycles. The quantitative estimate of drug-likeness (QED) is 0.246. The van der Waals surface area contributed by atoms with Crippen molar-refractivity contribution in [1.82, 2.24) is 9.80 Å². The molecular weight excluding hydrogens is 464 g/mol. The second kappa shape index (κ2) is 12.4. The first-order valence-corrected chi connectivity index (χ1v) is 14.5. The predicted molar refractivity (Wildman–Crippen MR) is 154 cm³/mol. The number of rotatable bonds is 13. The van der Waals surface area contributed by atoms with E-state index >= 15 is 0 Å². The van der Waals surface area contributed by atoms with E-state index in [-0.39, 0.29) is 40.8 Å². The van der Waals surface area contributed by atoms with E-state index in [1.165, 1.54) is 0 Å². The van der Waals surface area contributed by atoms with E-state index in [9.17, 15) is 9.59 Å². The Balaban J connectivity index is 2.80. The van der Waals surface area contributed by atoms with Crippen molar-refractivity contribution in [1.29, 1.82) is 0 Å². The van der Waals surface area contributed by atoms with E-state index in [2.05, 4.69) is 79.3 Å². The number of hydrogen-bond acceptors (Lipinski definition) is 6. The number of piperidine rings is 1. The van der Waals surface area contributed by atoms with Gasteiger partial charge in [-0.25, -0.2) is 0 Å². The summed E-state index contributed by atoms with van der Waals surface area (Å²) in [6.45, 7) is 26.2. The second-order valence-corrected chi connectivity index (χ2v) is 14.7. The maximum atomic E-state index is 13.3. The van der Waals surface area contributed by atoms with Crippen LogP contribution in [0.25, 0.3) is 0 Å². The lowest BCUT2D eigenvalue weighted by atomic mass is 9.77. The minimum atomic E-state index is -0.679. The molecule has 0 bridgehead atoms. The molecule has 1 aliphatic heterocycles. The van der Waals surface area contributed by atoms with Crippen molar-refractivity contribution in [3.63, 3.8) is 0 Å². The summed E-state index contributed by atoms with van der Waals surface area (Å²) in [7, 11) is 4.26. The zero-order valence-electron chi connectivity index (χ0n) is 26.8. The lowest BCUT2D eigenvalue weighted by Gasteiger charge is -2.53. The number of likely N-dealkylation sites (tertiary alicyclic amines) is 1. The lowest BCUT2D eigenvalue weighted by Crippen LogP contribution is -2.60. The molecule has 1 heterocycles. The van der Waals surface area contributed by atoms with Crippen LogP contribution in [-0.4, -0.2) is 71.2 Å². The van der Waals surface area contributed by atoms with E-state index in [0.29, 0.717) is 12.8 Å². The predicted octanol–water partition coefficient (Wildman–Crippen LogP) is 6.85. The number of carbonyl (C=O) groups excluding carboxylic acids is 2. The standard InChI is InChI=1S/C31H60N2O4/c1-15-17-23(20-29(7,8)32(13)16-2)36-25(34)27(3,4)18-19-28(5,6)26(35)37-24-21-30(9,10)33(14)31(11,12)22-24/h23-24H,15-22H2,1-14H3. The van der Waals surface area contributed by atoms with Gasteiger partial charge in [-0.15, -0.1) is 0 Å². The third-order valence-electron chi connectivity index (χ3n) is 9.14. The monoisotopic (exact) mass is 524 g/mol. The molecule has 0 amide bonds. The van der Waals surface area contributed by atoms with Crippen molar-refractivity contribution in [3.05, 3.63) is 0 Å². The Morgan fingerprint density at radius 2 is 1.38 bits per heavy atom. The average Bonchev–Trinajstić information content (AvgIpc) is 2.74. The summed E-state index contributed by atoms with van der Waals surface area (Å²) < 4.78 is 12.2. The van der Waals surface area contributed by atoms with Crippen LogP contribution in [0, 0.1) is 10.8 Å². The van der Waals surface area contributed by atoms with E-state index in [0.717, 1.165) is 38.6 Å². The van der Waals surface area contributed by atoms with Crippen LogP contribution in [0.3, 0.4) is 0 Å². The highest BCUT2D eigenvalue weighted by Gasteiger charge is 2.46. The molecule has 0 aromatic rings. The van der Waals surface area contributed by atoms with Crippen molar-refractivity contribution < 1.29 is 19.1 Å². The van der Waals surface area contributed by atoms with Gasteiger partial charge in [-0.1, -0.05) is 20.3 Å². The zero-order valence-corrected chi connectivity index (χ0v) is 26.8. The largest absolute Gasteiger partial charge is 0.462 e. The molecule has 6 nitrogen and oxygen atoms in total. The second-order valence-electron chi connectivity index (χ2n) is 14.7. The van der Waals surface area contributed by atoms with Crippen LogP contribution in [0.2, 0.25) is 0 Å². The summed E-state index contributed by atoms with van der Waals surface area (Å²) in [5.41, 5.74) is -1.50. The van der Waals surface area contributed by atoms with Gasteiger partial charge in [-0.05, 0) is 109 Å². The number of hydrogen-bond donors (Lipinski definition) is 0. The Bertz CT molecular complexity index is 751. The smallest absolute Gasteiger partial charge is 0.311 e. The van der Waals surface area contributed by atoms with Crippen molar-refractivity contribution in [2.45, 2.75) is 157 Å². The third-order valence-corrected chi connectivity index (χ3v) is 9.14. The first-order valence-electron chi connectivity index (χ1n) is 14.5. The first-order chi connectivity index (χ1) is 16.6. The number of carbonyl (C=O) groups is 2. The number of ether oxygens (including phenoxy) is 2. The molecule has 1 unspecified atom stereocenters. The maximum absolute atomic E-state index is 13.3. The Morgan fingerprint density at radius 1 is 0.919 bits per heavy atom. The molecule has 6 heteroatoms. The Hall–Kier alpha value is -1.14. The lowest BCUT2D eigenvalue weighted by molar-refractivity contribution is -0.171. The van der Waals surface area contributed by atoms with Crippen LogP contribution < -0.4 is 0 Å². The van der Waals surface area contributed by atoms with Gasteiger partial charge in [0.25, 0.3) is 0 Å². The summed E-state index contributed by atoms with van der Waals surface area (Å²) >= 11 is 0. The fourth-order valence-corrected chi connectivity index (χ4v) is 5.48. The van der Waals surface area contributed by atoms with Crippen LogP contribution in [0.15, 0.2) is 0 Å². The van der Waals surface area contributed by atoms with Crippen LogP contribution in [0.5, 0.6) is 0 Å². The SMILES string of the molecule is CCCC(CC(C)(C)N(C)CC)OC(=O)C(C)(C)CCC(C)(C)C(=O)OC1CC(C)(C)N(C)C(C)(C)C1. The van der Waals surface area contributed by atoms with E-state index in [4.69, 9.17) is 9.47 Å². The van der Waals surface area contributed by atoms with Crippen LogP contribution in [-0.2, 0) is 19.1 Å². The molecule has 0 N–H and O–H groups in total. The van der Waals surface area contributed by atoms with Gasteiger partial charge >= 0.3 is 11.9 Å². The van der Waals surface area contributed by atoms with Gasteiger partial charge < -0.3 is 14.4 Å². The molecule has 37 heavy (non-hydrogen) atoms. The molecule has 0 aliphatic carbocycles. The third kappa shape index (κ3) is 9.23. The molecule has 1 fully saturated rings. The zero-order chi connectivity index (χ0) is 29.0. The number of nitrogens with zero attached hydrogens (tertiary/aromatic N) is 2. The molecule has 0 saturated carbocycles. The van der Waals surface area contributed by atoms with Gasteiger partial charge in [0.2, 0.25) is 0 Å². The molecule has 218 valence electrons. The molecule has 0 radical (unpaired) electrons. The van der Waals surface area contributed by atoms with Gasteiger partial charge in [0, 0.05) is 35.9 Å². The van der Waals surface area contributed by atoms with Crippen LogP contribution in [0.4, 0.5) is 0 Å². The van der Waals surface area contributed by atoms with Gasteiger partial charge in [0.15, 0.2) is 0 Å².